The number of nitrogens with one attached hydrogen (secondary N) is 2. The van der Waals surface area contributed by atoms with E-state index in [1.807, 2.05) is 35.2 Å². The topological polar surface area (TPSA) is 91.4 Å². The van der Waals surface area contributed by atoms with E-state index >= 15 is 0 Å². The Hall–Kier alpha value is -5.51. The van der Waals surface area contributed by atoms with Crippen molar-refractivity contribution in [2.45, 2.75) is 31.5 Å². The first-order chi connectivity index (χ1) is 22.7. The number of anilines is 1. The van der Waals surface area contributed by atoms with Crippen LogP contribution in [0.3, 0.4) is 0 Å². The van der Waals surface area contributed by atoms with Crippen LogP contribution in [0.1, 0.15) is 57.1 Å². The first kappa shape index (κ1) is 31.5. The zero-order valence-electron chi connectivity index (χ0n) is 25.3. The molecule has 0 unspecified atom stereocenters. The largest absolute Gasteiger partial charge is 0.416 e. The van der Waals surface area contributed by atoms with E-state index in [0.717, 1.165) is 31.4 Å². The van der Waals surface area contributed by atoms with Gasteiger partial charge in [0.15, 0.2) is 0 Å². The summed E-state index contributed by atoms with van der Waals surface area (Å²) >= 11 is 0. The van der Waals surface area contributed by atoms with Gasteiger partial charge in [-0.2, -0.15) is 13.2 Å². The van der Waals surface area contributed by atoms with Crippen LogP contribution in [0.5, 0.6) is 0 Å². The molecular formula is C37H31F3N4O3. The van der Waals surface area contributed by atoms with E-state index in [9.17, 15) is 27.6 Å². The van der Waals surface area contributed by atoms with Gasteiger partial charge in [-0.3, -0.25) is 14.4 Å². The number of pyridine rings is 1. The number of hydrogen-bond donors (Lipinski definition) is 2. The van der Waals surface area contributed by atoms with Gasteiger partial charge in [0.1, 0.15) is 11.9 Å². The molecule has 238 valence electrons. The van der Waals surface area contributed by atoms with Gasteiger partial charge in [-0.05, 0) is 84.5 Å². The van der Waals surface area contributed by atoms with Gasteiger partial charge in [0.2, 0.25) is 5.91 Å². The van der Waals surface area contributed by atoms with Crippen molar-refractivity contribution in [3.05, 3.63) is 131 Å². The van der Waals surface area contributed by atoms with Crippen LogP contribution >= 0.6 is 0 Å². The molecule has 10 heteroatoms. The number of benzene rings is 4. The molecule has 0 radical (unpaired) electrons. The molecule has 1 aliphatic heterocycles. The normalized spacial score (nSPS) is 14.0. The second kappa shape index (κ2) is 13.5. The third kappa shape index (κ3) is 7.17. The third-order valence-corrected chi connectivity index (χ3v) is 8.21. The molecule has 47 heavy (non-hydrogen) atoms. The van der Waals surface area contributed by atoms with Gasteiger partial charge in [0.25, 0.3) is 11.8 Å². The van der Waals surface area contributed by atoms with Gasteiger partial charge in [-0.25, -0.2) is 4.98 Å². The van der Waals surface area contributed by atoms with E-state index in [4.69, 9.17) is 0 Å². The lowest BCUT2D eigenvalue weighted by Gasteiger charge is -2.31. The van der Waals surface area contributed by atoms with E-state index in [1.165, 1.54) is 12.1 Å². The molecule has 1 aliphatic rings. The quantitative estimate of drug-likeness (QED) is 0.192. The maximum Gasteiger partial charge on any atom is 0.416 e. The van der Waals surface area contributed by atoms with Gasteiger partial charge in [0, 0.05) is 29.6 Å². The number of alkyl halides is 3. The van der Waals surface area contributed by atoms with Crippen molar-refractivity contribution in [3.63, 3.8) is 0 Å². The molecule has 2 heterocycles. The van der Waals surface area contributed by atoms with E-state index in [-0.39, 0.29) is 17.3 Å². The molecule has 4 aromatic carbocycles. The average molecular weight is 637 g/mol. The number of amides is 3. The number of rotatable bonds is 7. The van der Waals surface area contributed by atoms with Crippen molar-refractivity contribution in [1.29, 1.82) is 0 Å². The highest BCUT2D eigenvalue weighted by Gasteiger charge is 2.30. The second-order valence-electron chi connectivity index (χ2n) is 11.4. The molecule has 3 amide bonds. The predicted octanol–water partition coefficient (Wildman–Crippen LogP) is 7.66. The third-order valence-electron chi connectivity index (χ3n) is 8.21. The van der Waals surface area contributed by atoms with Crippen molar-refractivity contribution in [1.82, 2.24) is 15.2 Å². The summed E-state index contributed by atoms with van der Waals surface area (Å²) < 4.78 is 39.1. The number of fused-ring (bicyclic) bond motifs is 1. The maximum absolute atomic E-state index is 13.5. The Morgan fingerprint density at radius 2 is 1.45 bits per heavy atom. The van der Waals surface area contributed by atoms with Crippen LogP contribution in [0.4, 0.5) is 19.0 Å². The number of aromatic nitrogens is 1. The summed E-state index contributed by atoms with van der Waals surface area (Å²) in [5.41, 5.74) is 2.03. The zero-order valence-corrected chi connectivity index (χ0v) is 25.3. The molecule has 1 fully saturated rings. The minimum absolute atomic E-state index is 0.132. The summed E-state index contributed by atoms with van der Waals surface area (Å²) in [7, 11) is 0. The summed E-state index contributed by atoms with van der Waals surface area (Å²) in [6.45, 7) is 1.33. The fourth-order valence-corrected chi connectivity index (χ4v) is 5.74. The Morgan fingerprint density at radius 1 is 0.745 bits per heavy atom. The molecule has 0 saturated carbocycles. The minimum atomic E-state index is -4.46. The van der Waals surface area contributed by atoms with Crippen molar-refractivity contribution in [2.24, 2.45) is 0 Å². The van der Waals surface area contributed by atoms with Gasteiger partial charge in [-0.1, -0.05) is 60.7 Å². The summed E-state index contributed by atoms with van der Waals surface area (Å²) in [6.07, 6.45) is -1.50. The Kier molecular flexibility index (Phi) is 9.01. The highest BCUT2D eigenvalue weighted by atomic mass is 19.4. The zero-order chi connectivity index (χ0) is 33.0. The number of piperidine rings is 1. The minimum Gasteiger partial charge on any atom is -0.341 e. The van der Waals surface area contributed by atoms with E-state index in [0.29, 0.717) is 46.2 Å². The van der Waals surface area contributed by atoms with Crippen LogP contribution in [0.2, 0.25) is 0 Å². The van der Waals surface area contributed by atoms with Gasteiger partial charge >= 0.3 is 6.18 Å². The maximum atomic E-state index is 13.5. The summed E-state index contributed by atoms with van der Waals surface area (Å²) in [5, 5.41) is 6.36. The fraction of sp³-hybridized carbons (Fsp3) is 0.189. The molecule has 0 bridgehead atoms. The van der Waals surface area contributed by atoms with Gasteiger partial charge in [-0.15, -0.1) is 0 Å². The van der Waals surface area contributed by atoms with E-state index in [2.05, 4.69) is 15.6 Å². The first-order valence-corrected chi connectivity index (χ1v) is 15.3. The molecule has 5 aromatic rings. The number of nitrogens with zero attached hydrogens (tertiary/aromatic N) is 2. The van der Waals surface area contributed by atoms with E-state index < -0.39 is 29.6 Å². The second-order valence-corrected chi connectivity index (χ2v) is 11.4. The Morgan fingerprint density at radius 3 is 2.17 bits per heavy atom. The molecule has 7 nitrogen and oxygen atoms in total. The van der Waals surface area contributed by atoms with Crippen molar-refractivity contribution in [3.8, 4) is 11.1 Å². The highest BCUT2D eigenvalue weighted by Crippen LogP contribution is 2.32. The number of likely N-dealkylation sites (tertiary alicyclic amines) is 1. The van der Waals surface area contributed by atoms with Crippen molar-refractivity contribution >= 4 is 34.4 Å². The van der Waals surface area contributed by atoms with Gasteiger partial charge in [0.05, 0.1) is 11.1 Å². The summed E-state index contributed by atoms with van der Waals surface area (Å²) in [4.78, 5) is 46.5. The Bertz CT molecular complexity index is 1920. The smallest absolute Gasteiger partial charge is 0.341 e. The predicted molar refractivity (Wildman–Crippen MR) is 174 cm³/mol. The molecule has 0 spiro atoms. The molecule has 1 saturated heterocycles. The number of halogens is 3. The molecule has 0 aliphatic carbocycles. The van der Waals surface area contributed by atoms with Crippen LogP contribution in [0, 0.1) is 0 Å². The van der Waals surface area contributed by atoms with Crippen LogP contribution in [-0.2, 0) is 11.0 Å². The van der Waals surface area contributed by atoms with Crippen LogP contribution in [0.25, 0.3) is 22.0 Å². The summed E-state index contributed by atoms with van der Waals surface area (Å²) in [6, 6.07) is 27.9. The average Bonchev–Trinajstić information content (AvgIpc) is 3.10. The van der Waals surface area contributed by atoms with Crippen LogP contribution < -0.4 is 10.6 Å². The Balaban J connectivity index is 1.19. The van der Waals surface area contributed by atoms with E-state index in [1.54, 1.807) is 54.6 Å². The van der Waals surface area contributed by atoms with Crippen LogP contribution in [-0.4, -0.2) is 40.7 Å². The number of hydrogen-bond acceptors (Lipinski definition) is 4. The number of carbonyl (C=O) groups excluding carboxylic acids is 3. The molecular weight excluding hydrogens is 605 g/mol. The van der Waals surface area contributed by atoms with Crippen LogP contribution in [0.15, 0.2) is 109 Å². The number of carbonyl (C=O) groups is 3. The Labute approximate surface area is 269 Å². The highest BCUT2D eigenvalue weighted by molar-refractivity contribution is 6.09. The lowest BCUT2D eigenvalue weighted by Crippen LogP contribution is -2.45. The molecule has 6 rings (SSSR count). The first-order valence-electron chi connectivity index (χ1n) is 15.3. The fourth-order valence-electron chi connectivity index (χ4n) is 5.74. The standard InChI is InChI=1S/C37H31F3N4O3/c38-37(39,40)28-17-13-24(14-18-28)29-11-5-6-12-30(29)35(46)42-32-20-16-26-23-27(15-19-31(26)41-32)34(45)43-33(25-9-3-1-4-10-25)36(47)44-21-7-2-8-22-44/h1,3-6,9-20,23,33H,2,7-8,21-22H2,(H,43,45)(H,41,42,46)/t33-/m0/s1. The molecule has 1 atom stereocenters. The SMILES string of the molecule is O=C(N[C@H](C(=O)N1CCCCC1)c1ccccc1)c1ccc2nc(NC(=O)c3ccccc3-c3ccc(C(F)(F)F)cc3)ccc2c1. The van der Waals surface area contributed by atoms with Crippen molar-refractivity contribution < 1.29 is 27.6 Å². The molecule has 1 aromatic heterocycles. The molecule has 2 N–H and O–H groups in total. The van der Waals surface area contributed by atoms with Crippen molar-refractivity contribution in [2.75, 3.05) is 18.4 Å². The lowest BCUT2D eigenvalue weighted by atomic mass is 9.98. The monoisotopic (exact) mass is 636 g/mol. The lowest BCUT2D eigenvalue weighted by molar-refractivity contribution is -0.137. The van der Waals surface area contributed by atoms with Gasteiger partial charge < -0.3 is 15.5 Å². The summed E-state index contributed by atoms with van der Waals surface area (Å²) in [5.74, 6) is -0.748.